The molecule has 1 rings (SSSR count). The van der Waals surface area contributed by atoms with Gasteiger partial charge in [0, 0.05) is 20.0 Å². The first-order valence-corrected chi connectivity index (χ1v) is 9.14. The third-order valence-corrected chi connectivity index (χ3v) is 5.80. The van der Waals surface area contributed by atoms with Crippen LogP contribution < -0.4 is 5.32 Å². The maximum atomic E-state index is 13.0. The summed E-state index contributed by atoms with van der Waals surface area (Å²) in [7, 11) is -3.08. The molecule has 0 aliphatic heterocycles. The van der Waals surface area contributed by atoms with Crippen molar-refractivity contribution in [3.8, 4) is 0 Å². The van der Waals surface area contributed by atoms with Crippen molar-refractivity contribution in [1.29, 1.82) is 0 Å². The summed E-state index contributed by atoms with van der Waals surface area (Å²) in [6.45, 7) is 3.74. The zero-order chi connectivity index (χ0) is 20.1. The number of carbonyl (C=O) groups excluding carboxylic acids is 2. The van der Waals surface area contributed by atoms with Crippen LogP contribution in [0.5, 0.6) is 0 Å². The number of amides is 1. The van der Waals surface area contributed by atoms with E-state index in [1.165, 1.54) is 40.0 Å². The van der Waals surface area contributed by atoms with Crippen LogP contribution in [0.1, 0.15) is 29.8 Å². The van der Waals surface area contributed by atoms with Crippen LogP contribution >= 0.6 is 0 Å². The van der Waals surface area contributed by atoms with Crippen LogP contribution in [-0.4, -0.2) is 61.9 Å². The number of carbonyl (C=O) groups is 3. The predicted molar refractivity (Wildman–Crippen MR) is 92.2 cm³/mol. The molecular formula is C16H22N2O7S. The lowest BCUT2D eigenvalue weighted by Crippen LogP contribution is -2.46. The Hall–Kier alpha value is -2.46. The summed E-state index contributed by atoms with van der Waals surface area (Å²) >= 11 is 0. The lowest BCUT2D eigenvalue weighted by molar-refractivity contribution is -0.140. The van der Waals surface area contributed by atoms with Gasteiger partial charge in [-0.25, -0.2) is 13.2 Å². The molecule has 144 valence electrons. The van der Waals surface area contributed by atoms with Crippen LogP contribution in [0.3, 0.4) is 0 Å². The molecule has 0 radical (unpaired) electrons. The summed E-state index contributed by atoms with van der Waals surface area (Å²) < 4.78 is 31.4. The van der Waals surface area contributed by atoms with Gasteiger partial charge in [0.05, 0.1) is 17.6 Å². The Labute approximate surface area is 152 Å². The highest BCUT2D eigenvalue weighted by Crippen LogP contribution is 2.23. The van der Waals surface area contributed by atoms with Gasteiger partial charge in [0.2, 0.25) is 15.9 Å². The van der Waals surface area contributed by atoms with Crippen LogP contribution in [0, 0.1) is 6.92 Å². The van der Waals surface area contributed by atoms with E-state index in [1.54, 1.807) is 0 Å². The molecule has 1 aromatic rings. The first-order chi connectivity index (χ1) is 12.0. The van der Waals surface area contributed by atoms with E-state index < -0.39 is 28.0 Å². The molecule has 0 fully saturated rings. The maximum Gasteiger partial charge on any atom is 0.337 e. The van der Waals surface area contributed by atoms with Crippen molar-refractivity contribution in [3.05, 3.63) is 29.3 Å². The molecule has 0 aliphatic carbocycles. The highest BCUT2D eigenvalue weighted by atomic mass is 32.2. The van der Waals surface area contributed by atoms with E-state index in [-0.39, 0.29) is 29.5 Å². The van der Waals surface area contributed by atoms with Gasteiger partial charge >= 0.3 is 11.9 Å². The maximum absolute atomic E-state index is 13.0. The summed E-state index contributed by atoms with van der Waals surface area (Å²) in [5, 5.41) is 11.7. The normalized spacial score (nSPS) is 12.5. The third-order valence-electron chi connectivity index (χ3n) is 3.69. The van der Waals surface area contributed by atoms with E-state index in [4.69, 9.17) is 0 Å². The number of hydrogen-bond donors (Lipinski definition) is 2. The molecule has 1 aromatic carbocycles. The Balaban J connectivity index is 3.36. The lowest BCUT2D eigenvalue weighted by Gasteiger charge is -2.26. The van der Waals surface area contributed by atoms with Crippen molar-refractivity contribution >= 4 is 27.9 Å². The van der Waals surface area contributed by atoms with E-state index in [0.717, 1.165) is 10.4 Å². The second-order valence-electron chi connectivity index (χ2n) is 5.58. The summed E-state index contributed by atoms with van der Waals surface area (Å²) in [6.07, 6.45) is 0. The van der Waals surface area contributed by atoms with Gasteiger partial charge in [-0.1, -0.05) is 6.07 Å². The van der Waals surface area contributed by atoms with Gasteiger partial charge in [-0.15, -0.1) is 0 Å². The Kier molecular flexibility index (Phi) is 7.28. The Morgan fingerprint density at radius 3 is 2.42 bits per heavy atom. The number of esters is 1. The van der Waals surface area contributed by atoms with E-state index >= 15 is 0 Å². The number of benzene rings is 1. The molecular weight excluding hydrogens is 364 g/mol. The molecule has 26 heavy (non-hydrogen) atoms. The highest BCUT2D eigenvalue weighted by Gasteiger charge is 2.34. The van der Waals surface area contributed by atoms with Crippen molar-refractivity contribution in [3.63, 3.8) is 0 Å². The van der Waals surface area contributed by atoms with Crippen LogP contribution in [0.4, 0.5) is 0 Å². The van der Waals surface area contributed by atoms with E-state index in [1.807, 2.05) is 0 Å². The zero-order valence-corrected chi connectivity index (χ0v) is 15.8. The minimum atomic E-state index is -4.24. The monoisotopic (exact) mass is 386 g/mol. The molecule has 9 nitrogen and oxygen atoms in total. The van der Waals surface area contributed by atoms with Crippen molar-refractivity contribution in [2.24, 2.45) is 0 Å². The number of nitrogens with zero attached hydrogens (tertiary/aromatic N) is 1. The molecule has 0 heterocycles. The van der Waals surface area contributed by atoms with Crippen molar-refractivity contribution in [2.45, 2.75) is 31.7 Å². The summed E-state index contributed by atoms with van der Waals surface area (Å²) in [5.74, 6) is -2.41. The van der Waals surface area contributed by atoms with Crippen LogP contribution in [0.25, 0.3) is 0 Å². The Bertz CT molecular complexity index is 805. The fourth-order valence-corrected chi connectivity index (χ4v) is 4.08. The molecule has 0 saturated carbocycles. The number of rotatable bonds is 8. The molecule has 0 spiro atoms. The topological polar surface area (TPSA) is 130 Å². The molecule has 2 N–H and O–H groups in total. The molecule has 1 unspecified atom stereocenters. The minimum absolute atomic E-state index is 0.0291. The van der Waals surface area contributed by atoms with Crippen LogP contribution in [-0.2, 0) is 24.3 Å². The van der Waals surface area contributed by atoms with Gasteiger partial charge in [-0.05, 0) is 31.5 Å². The molecule has 1 amide bonds. The summed E-state index contributed by atoms with van der Waals surface area (Å²) in [4.78, 5) is 33.9. The second kappa shape index (κ2) is 8.77. The number of aryl methyl sites for hydroxylation is 1. The molecule has 0 bridgehead atoms. The SMILES string of the molecule is COC(=O)c1ccc(C)c(S(=O)(=O)N(CCNC(C)=O)C(C)C(=O)O)c1. The van der Waals surface area contributed by atoms with E-state index in [9.17, 15) is 27.9 Å². The third kappa shape index (κ3) is 5.02. The van der Waals surface area contributed by atoms with Crippen LogP contribution in [0.2, 0.25) is 0 Å². The van der Waals surface area contributed by atoms with Crippen molar-refractivity contribution in [2.75, 3.05) is 20.2 Å². The van der Waals surface area contributed by atoms with E-state index in [0.29, 0.717) is 5.56 Å². The first-order valence-electron chi connectivity index (χ1n) is 7.70. The number of carboxylic acid groups (broad SMARTS) is 1. The zero-order valence-electron chi connectivity index (χ0n) is 15.0. The number of methoxy groups -OCH3 is 1. The number of hydrogen-bond acceptors (Lipinski definition) is 6. The number of aliphatic carboxylic acids is 1. The number of carboxylic acids is 1. The first kappa shape index (κ1) is 21.6. The van der Waals surface area contributed by atoms with Gasteiger partial charge < -0.3 is 15.2 Å². The fourth-order valence-electron chi connectivity index (χ4n) is 2.24. The van der Waals surface area contributed by atoms with Crippen molar-refractivity contribution < 1.29 is 32.6 Å². The second-order valence-corrected chi connectivity index (χ2v) is 7.44. The van der Waals surface area contributed by atoms with Gasteiger partial charge in [0.25, 0.3) is 0 Å². The smallest absolute Gasteiger partial charge is 0.337 e. The van der Waals surface area contributed by atoms with Gasteiger partial charge in [0.1, 0.15) is 6.04 Å². The van der Waals surface area contributed by atoms with Gasteiger partial charge in [-0.2, -0.15) is 4.31 Å². The Morgan fingerprint density at radius 1 is 1.31 bits per heavy atom. The standard InChI is InChI=1S/C16H22N2O7S/c1-10-5-6-13(16(22)25-4)9-14(10)26(23,24)18(11(2)15(20)21)8-7-17-12(3)19/h5-6,9,11H,7-8H2,1-4H3,(H,17,19)(H,20,21). The number of sulfonamides is 1. The predicted octanol–water partition coefficient (Wildman–Crippen LogP) is 0.382. The summed E-state index contributed by atoms with van der Waals surface area (Å²) in [5.41, 5.74) is 0.376. The van der Waals surface area contributed by atoms with Crippen LogP contribution in [0.15, 0.2) is 23.1 Å². The van der Waals surface area contributed by atoms with Gasteiger partial charge in [0.15, 0.2) is 0 Å². The molecule has 10 heteroatoms. The van der Waals surface area contributed by atoms with E-state index in [2.05, 4.69) is 10.1 Å². The summed E-state index contributed by atoms with van der Waals surface area (Å²) in [6, 6.07) is 2.64. The molecule has 0 aliphatic rings. The quantitative estimate of drug-likeness (QED) is 0.618. The number of nitrogens with one attached hydrogen (secondary N) is 1. The Morgan fingerprint density at radius 2 is 1.92 bits per heavy atom. The molecule has 1 atom stereocenters. The average molecular weight is 386 g/mol. The minimum Gasteiger partial charge on any atom is -0.480 e. The average Bonchev–Trinajstić information content (AvgIpc) is 2.57. The highest BCUT2D eigenvalue weighted by molar-refractivity contribution is 7.89. The molecule has 0 saturated heterocycles. The lowest BCUT2D eigenvalue weighted by atomic mass is 10.1. The van der Waals surface area contributed by atoms with Gasteiger partial charge in [-0.3, -0.25) is 9.59 Å². The number of ether oxygens (including phenoxy) is 1. The fraction of sp³-hybridized carbons (Fsp3) is 0.438. The largest absolute Gasteiger partial charge is 0.480 e. The molecule has 0 aromatic heterocycles. The van der Waals surface area contributed by atoms with Crippen molar-refractivity contribution in [1.82, 2.24) is 9.62 Å².